The predicted molar refractivity (Wildman–Crippen MR) is 46.8 cm³/mol. The van der Waals surface area contributed by atoms with Gasteiger partial charge in [-0.2, -0.15) is 0 Å². The van der Waals surface area contributed by atoms with E-state index in [0.29, 0.717) is 14.0 Å². The lowest BCUT2D eigenvalue weighted by atomic mass is 10.3. The zero-order valence-corrected chi connectivity index (χ0v) is 8.59. The topological polar surface area (TPSA) is 0 Å². The van der Waals surface area contributed by atoms with Crippen LogP contribution >= 0.6 is 43.5 Å². The third-order valence-corrected chi connectivity index (χ3v) is 2.77. The van der Waals surface area contributed by atoms with Gasteiger partial charge in [0.2, 0.25) is 0 Å². The van der Waals surface area contributed by atoms with Crippen molar-refractivity contribution in [1.29, 1.82) is 0 Å². The second-order valence-corrected chi connectivity index (χ2v) is 3.80. The first-order chi connectivity index (χ1) is 4.61. The SMILES string of the molecule is Fc1cc(Br)c(Cl)cc1Br. The highest BCUT2D eigenvalue weighted by Gasteiger charge is 2.02. The summed E-state index contributed by atoms with van der Waals surface area (Å²) in [6, 6.07) is 2.81. The molecule has 0 aliphatic heterocycles. The monoisotopic (exact) mass is 286 g/mol. The molecular formula is C6H2Br2ClF. The molecule has 0 aliphatic carbocycles. The Labute approximate surface area is 79.6 Å². The van der Waals surface area contributed by atoms with Gasteiger partial charge >= 0.3 is 0 Å². The second-order valence-electron chi connectivity index (χ2n) is 1.68. The molecule has 0 saturated heterocycles. The maximum atomic E-state index is 12.6. The molecule has 0 aromatic heterocycles. The average molecular weight is 288 g/mol. The molecule has 0 radical (unpaired) electrons. The van der Waals surface area contributed by atoms with Crippen LogP contribution in [0.25, 0.3) is 0 Å². The Morgan fingerprint density at radius 2 is 1.80 bits per heavy atom. The smallest absolute Gasteiger partial charge is 0.138 e. The van der Waals surface area contributed by atoms with E-state index in [1.165, 1.54) is 12.1 Å². The number of rotatable bonds is 0. The summed E-state index contributed by atoms with van der Waals surface area (Å²) in [5.74, 6) is -0.323. The van der Waals surface area contributed by atoms with Gasteiger partial charge in [-0.25, -0.2) is 4.39 Å². The second kappa shape index (κ2) is 3.20. The van der Waals surface area contributed by atoms with Crippen molar-refractivity contribution < 1.29 is 4.39 Å². The molecule has 1 aromatic carbocycles. The summed E-state index contributed by atoms with van der Waals surface area (Å²) in [6.45, 7) is 0. The summed E-state index contributed by atoms with van der Waals surface area (Å²) in [5.41, 5.74) is 0. The number of hydrogen-bond donors (Lipinski definition) is 0. The third-order valence-electron chi connectivity index (χ3n) is 0.963. The molecule has 0 nitrogen and oxygen atoms in total. The van der Waals surface area contributed by atoms with Gasteiger partial charge in [-0.1, -0.05) is 11.6 Å². The molecule has 0 atom stereocenters. The van der Waals surface area contributed by atoms with E-state index < -0.39 is 0 Å². The van der Waals surface area contributed by atoms with E-state index in [1.54, 1.807) is 0 Å². The Bertz CT molecular complexity index is 212. The molecule has 0 amide bonds. The van der Waals surface area contributed by atoms with Crippen LogP contribution in [0, 0.1) is 5.82 Å². The average Bonchev–Trinajstić information content (AvgIpc) is 1.84. The molecular weight excluding hydrogens is 286 g/mol. The molecule has 0 saturated carbocycles. The van der Waals surface area contributed by atoms with E-state index in [9.17, 15) is 4.39 Å². The first kappa shape index (κ1) is 8.50. The quantitative estimate of drug-likeness (QED) is 0.633. The Kier molecular flexibility index (Phi) is 2.72. The van der Waals surface area contributed by atoms with Crippen molar-refractivity contribution >= 4 is 43.5 Å². The molecule has 1 rings (SSSR count). The molecule has 0 fully saturated rings. The van der Waals surface area contributed by atoms with Crippen LogP contribution in [-0.4, -0.2) is 0 Å². The van der Waals surface area contributed by atoms with Crippen LogP contribution in [0.4, 0.5) is 4.39 Å². The summed E-state index contributed by atoms with van der Waals surface area (Å²) in [7, 11) is 0. The van der Waals surface area contributed by atoms with Crippen molar-refractivity contribution in [1.82, 2.24) is 0 Å². The minimum absolute atomic E-state index is 0.323. The molecule has 0 spiro atoms. The predicted octanol–water partition coefficient (Wildman–Crippen LogP) is 4.00. The molecule has 0 unspecified atom stereocenters. The van der Waals surface area contributed by atoms with Crippen molar-refractivity contribution in [2.45, 2.75) is 0 Å². The van der Waals surface area contributed by atoms with Gasteiger partial charge in [0, 0.05) is 4.47 Å². The molecule has 0 heterocycles. The lowest BCUT2D eigenvalue weighted by molar-refractivity contribution is 0.620. The lowest BCUT2D eigenvalue weighted by Gasteiger charge is -1.96. The fourth-order valence-electron chi connectivity index (χ4n) is 0.498. The molecule has 0 N–H and O–H groups in total. The molecule has 10 heavy (non-hydrogen) atoms. The Hall–Kier alpha value is 0.400. The van der Waals surface area contributed by atoms with Crippen LogP contribution in [-0.2, 0) is 0 Å². The van der Waals surface area contributed by atoms with Crippen molar-refractivity contribution in [2.75, 3.05) is 0 Å². The van der Waals surface area contributed by atoms with Crippen molar-refractivity contribution in [3.8, 4) is 0 Å². The zero-order chi connectivity index (χ0) is 7.72. The molecule has 4 heteroatoms. The van der Waals surface area contributed by atoms with Gasteiger partial charge in [0.05, 0.1) is 9.50 Å². The molecule has 54 valence electrons. The van der Waals surface area contributed by atoms with E-state index in [2.05, 4.69) is 31.9 Å². The van der Waals surface area contributed by atoms with E-state index in [-0.39, 0.29) is 5.82 Å². The molecule has 1 aromatic rings. The van der Waals surface area contributed by atoms with Crippen LogP contribution in [0.5, 0.6) is 0 Å². The maximum absolute atomic E-state index is 12.6. The fourth-order valence-corrected chi connectivity index (χ4v) is 1.45. The summed E-state index contributed by atoms with van der Waals surface area (Å²) >= 11 is 11.7. The van der Waals surface area contributed by atoms with E-state index in [1.807, 2.05) is 0 Å². The van der Waals surface area contributed by atoms with Crippen molar-refractivity contribution in [3.63, 3.8) is 0 Å². The summed E-state index contributed by atoms with van der Waals surface area (Å²) in [4.78, 5) is 0. The van der Waals surface area contributed by atoms with Gasteiger partial charge in [0.1, 0.15) is 5.82 Å². The van der Waals surface area contributed by atoms with Crippen LogP contribution < -0.4 is 0 Å². The van der Waals surface area contributed by atoms with Crippen molar-refractivity contribution in [2.24, 2.45) is 0 Å². The Morgan fingerprint density at radius 3 is 2.30 bits per heavy atom. The van der Waals surface area contributed by atoms with Crippen molar-refractivity contribution in [3.05, 3.63) is 31.9 Å². The highest BCUT2D eigenvalue weighted by atomic mass is 79.9. The number of hydrogen-bond acceptors (Lipinski definition) is 0. The molecule has 0 aliphatic rings. The highest BCUT2D eigenvalue weighted by molar-refractivity contribution is 9.11. The van der Waals surface area contributed by atoms with Gasteiger partial charge < -0.3 is 0 Å². The standard InChI is InChI=1S/C6H2Br2ClF/c7-3-2-6(10)4(8)1-5(3)9/h1-2H. The van der Waals surface area contributed by atoms with Crippen LogP contribution in [0.3, 0.4) is 0 Å². The first-order valence-electron chi connectivity index (χ1n) is 2.41. The van der Waals surface area contributed by atoms with Gasteiger partial charge in [0.15, 0.2) is 0 Å². The largest absolute Gasteiger partial charge is 0.206 e. The Morgan fingerprint density at radius 1 is 1.20 bits per heavy atom. The minimum atomic E-state index is -0.323. The van der Waals surface area contributed by atoms with Gasteiger partial charge in [-0.3, -0.25) is 0 Å². The van der Waals surface area contributed by atoms with E-state index >= 15 is 0 Å². The number of halogens is 4. The van der Waals surface area contributed by atoms with Gasteiger partial charge in [0.25, 0.3) is 0 Å². The van der Waals surface area contributed by atoms with E-state index in [0.717, 1.165) is 0 Å². The minimum Gasteiger partial charge on any atom is -0.206 e. The van der Waals surface area contributed by atoms with Crippen LogP contribution in [0.2, 0.25) is 5.02 Å². The van der Waals surface area contributed by atoms with Gasteiger partial charge in [-0.15, -0.1) is 0 Å². The Balaban J connectivity index is 3.28. The van der Waals surface area contributed by atoms with E-state index in [4.69, 9.17) is 11.6 Å². The highest BCUT2D eigenvalue weighted by Crippen LogP contribution is 2.28. The zero-order valence-electron chi connectivity index (χ0n) is 4.67. The lowest BCUT2D eigenvalue weighted by Crippen LogP contribution is -1.77. The fraction of sp³-hybridized carbons (Fsp3) is 0. The normalized spacial score (nSPS) is 10.0. The third kappa shape index (κ3) is 1.71. The molecule has 0 bridgehead atoms. The summed E-state index contributed by atoms with van der Waals surface area (Å²) < 4.78 is 13.6. The maximum Gasteiger partial charge on any atom is 0.138 e. The van der Waals surface area contributed by atoms with Gasteiger partial charge in [-0.05, 0) is 44.0 Å². The van der Waals surface area contributed by atoms with Crippen LogP contribution in [0.15, 0.2) is 21.1 Å². The first-order valence-corrected chi connectivity index (χ1v) is 4.37. The van der Waals surface area contributed by atoms with Crippen LogP contribution in [0.1, 0.15) is 0 Å². The summed E-state index contributed by atoms with van der Waals surface area (Å²) in [6.07, 6.45) is 0. The summed E-state index contributed by atoms with van der Waals surface area (Å²) in [5, 5.41) is 0.494. The number of benzene rings is 1.